The average molecular weight is 315 g/mol. The molecular weight excluding hydrogens is 296 g/mol. The highest BCUT2D eigenvalue weighted by atomic mass is 35.5. The van der Waals surface area contributed by atoms with E-state index >= 15 is 0 Å². The summed E-state index contributed by atoms with van der Waals surface area (Å²) in [5.74, 6) is 0.857. The molecule has 0 aliphatic carbocycles. The van der Waals surface area contributed by atoms with Crippen molar-refractivity contribution in [3.8, 4) is 5.75 Å². The van der Waals surface area contributed by atoms with E-state index in [0.717, 1.165) is 29.3 Å². The van der Waals surface area contributed by atoms with Gasteiger partial charge in [0, 0.05) is 36.1 Å². The van der Waals surface area contributed by atoms with Crippen LogP contribution in [0.1, 0.15) is 11.1 Å². The minimum atomic E-state index is 0.506. The van der Waals surface area contributed by atoms with Gasteiger partial charge in [-0.3, -0.25) is 0 Å². The predicted molar refractivity (Wildman–Crippen MR) is 91.5 cm³/mol. The van der Waals surface area contributed by atoms with E-state index in [1.165, 1.54) is 11.3 Å². The number of fused-ring (bicyclic) bond motifs is 1. The van der Waals surface area contributed by atoms with Gasteiger partial charge in [-0.2, -0.15) is 0 Å². The molecule has 0 amide bonds. The Morgan fingerprint density at radius 2 is 2.09 bits per heavy atom. The Balaban J connectivity index is 1.74. The summed E-state index contributed by atoms with van der Waals surface area (Å²) in [7, 11) is 0. The van der Waals surface area contributed by atoms with Crippen molar-refractivity contribution in [1.29, 1.82) is 0 Å². The maximum absolute atomic E-state index is 5.99. The van der Waals surface area contributed by atoms with Gasteiger partial charge in [0.2, 0.25) is 0 Å². The first-order chi connectivity index (χ1) is 10.8. The number of anilines is 1. The van der Waals surface area contributed by atoms with Crippen LogP contribution in [0.4, 0.5) is 5.69 Å². The molecule has 0 saturated carbocycles. The summed E-state index contributed by atoms with van der Waals surface area (Å²) in [6, 6.07) is 13.9. The predicted octanol–water partition coefficient (Wildman–Crippen LogP) is 3.75. The molecule has 1 heterocycles. The molecule has 0 bridgehead atoms. The molecule has 0 spiro atoms. The van der Waals surface area contributed by atoms with Crippen molar-refractivity contribution >= 4 is 17.3 Å². The van der Waals surface area contributed by atoms with Crippen LogP contribution in [0.25, 0.3) is 0 Å². The molecule has 4 heteroatoms. The van der Waals surface area contributed by atoms with Gasteiger partial charge < -0.3 is 15.4 Å². The van der Waals surface area contributed by atoms with E-state index in [9.17, 15) is 0 Å². The average Bonchev–Trinajstić information content (AvgIpc) is 2.54. The van der Waals surface area contributed by atoms with Crippen LogP contribution in [0.2, 0.25) is 5.02 Å². The monoisotopic (exact) mass is 314 g/mol. The zero-order valence-corrected chi connectivity index (χ0v) is 13.1. The molecule has 3 rings (SSSR count). The second-order valence-corrected chi connectivity index (χ2v) is 5.72. The molecule has 2 aromatic rings. The number of rotatable bonds is 5. The molecule has 0 saturated heterocycles. The van der Waals surface area contributed by atoms with Crippen LogP contribution in [0.3, 0.4) is 0 Å². The Bertz CT molecular complexity index is 685. The third-order valence-electron chi connectivity index (χ3n) is 3.65. The molecule has 0 unspecified atom stereocenters. The molecule has 0 aromatic heterocycles. The Labute approximate surface area is 135 Å². The van der Waals surface area contributed by atoms with Crippen LogP contribution in [0.5, 0.6) is 5.75 Å². The zero-order valence-electron chi connectivity index (χ0n) is 12.3. The van der Waals surface area contributed by atoms with E-state index in [-0.39, 0.29) is 0 Å². The fraction of sp³-hybridized carbons (Fsp3) is 0.222. The third kappa shape index (κ3) is 3.43. The highest BCUT2D eigenvalue weighted by Gasteiger charge is 2.13. The molecule has 1 aliphatic rings. The SMILES string of the molecule is NCCN1C=CCc2ccc(OCc3cccc(Cl)c3)cc21. The van der Waals surface area contributed by atoms with Crippen LogP contribution >= 0.6 is 11.6 Å². The first-order valence-corrected chi connectivity index (χ1v) is 7.77. The highest BCUT2D eigenvalue weighted by molar-refractivity contribution is 6.30. The van der Waals surface area contributed by atoms with Gasteiger partial charge in [-0.1, -0.05) is 35.9 Å². The molecule has 3 nitrogen and oxygen atoms in total. The molecule has 0 fully saturated rings. The van der Waals surface area contributed by atoms with Crippen LogP contribution in [0.15, 0.2) is 54.7 Å². The second-order valence-electron chi connectivity index (χ2n) is 5.28. The number of benzene rings is 2. The molecule has 22 heavy (non-hydrogen) atoms. The summed E-state index contributed by atoms with van der Waals surface area (Å²) in [6.45, 7) is 1.94. The topological polar surface area (TPSA) is 38.5 Å². The van der Waals surface area contributed by atoms with Gasteiger partial charge in [-0.25, -0.2) is 0 Å². The minimum absolute atomic E-state index is 0.506. The lowest BCUT2D eigenvalue weighted by molar-refractivity contribution is 0.306. The van der Waals surface area contributed by atoms with Gasteiger partial charge in [-0.15, -0.1) is 0 Å². The smallest absolute Gasteiger partial charge is 0.121 e. The fourth-order valence-corrected chi connectivity index (χ4v) is 2.80. The molecular formula is C18H19ClN2O. The van der Waals surface area contributed by atoms with Crippen molar-refractivity contribution in [2.45, 2.75) is 13.0 Å². The number of nitrogens with zero attached hydrogens (tertiary/aromatic N) is 1. The van der Waals surface area contributed by atoms with Crippen molar-refractivity contribution in [2.24, 2.45) is 5.73 Å². The van der Waals surface area contributed by atoms with E-state index < -0.39 is 0 Å². The maximum atomic E-state index is 5.99. The molecule has 0 atom stereocenters. The van der Waals surface area contributed by atoms with Crippen molar-refractivity contribution in [3.05, 3.63) is 70.9 Å². The van der Waals surface area contributed by atoms with Crippen molar-refractivity contribution in [2.75, 3.05) is 18.0 Å². The van der Waals surface area contributed by atoms with Gasteiger partial charge in [-0.05, 0) is 35.7 Å². The van der Waals surface area contributed by atoms with E-state index in [0.29, 0.717) is 13.2 Å². The number of halogens is 1. The largest absolute Gasteiger partial charge is 0.489 e. The first kappa shape index (κ1) is 14.9. The summed E-state index contributed by atoms with van der Waals surface area (Å²) < 4.78 is 5.90. The van der Waals surface area contributed by atoms with E-state index in [1.54, 1.807) is 0 Å². The van der Waals surface area contributed by atoms with Crippen LogP contribution in [-0.2, 0) is 13.0 Å². The van der Waals surface area contributed by atoms with E-state index in [4.69, 9.17) is 22.1 Å². The summed E-state index contributed by atoms with van der Waals surface area (Å²) >= 11 is 5.99. The summed E-state index contributed by atoms with van der Waals surface area (Å²) in [5.41, 5.74) is 9.22. The molecule has 2 aromatic carbocycles. The van der Waals surface area contributed by atoms with Crippen LogP contribution < -0.4 is 15.4 Å². The Kier molecular flexibility index (Phi) is 4.66. The lowest BCUT2D eigenvalue weighted by Gasteiger charge is -2.26. The fourth-order valence-electron chi connectivity index (χ4n) is 2.59. The normalized spacial score (nSPS) is 13.1. The Morgan fingerprint density at radius 3 is 2.91 bits per heavy atom. The number of hydrogen-bond donors (Lipinski definition) is 1. The van der Waals surface area contributed by atoms with Crippen molar-refractivity contribution < 1.29 is 4.74 Å². The summed E-state index contributed by atoms with van der Waals surface area (Å²) in [6.07, 6.45) is 5.20. The third-order valence-corrected chi connectivity index (χ3v) is 3.89. The molecule has 1 aliphatic heterocycles. The van der Waals surface area contributed by atoms with Gasteiger partial charge in [0.05, 0.1) is 0 Å². The summed E-state index contributed by atoms with van der Waals surface area (Å²) in [5, 5.41) is 0.728. The molecule has 2 N–H and O–H groups in total. The maximum Gasteiger partial charge on any atom is 0.121 e. The number of allylic oxidation sites excluding steroid dienone is 1. The lowest BCUT2D eigenvalue weighted by atomic mass is 10.1. The van der Waals surface area contributed by atoms with Gasteiger partial charge in [0.25, 0.3) is 0 Å². The van der Waals surface area contributed by atoms with Gasteiger partial charge >= 0.3 is 0 Å². The van der Waals surface area contributed by atoms with Gasteiger partial charge in [0.1, 0.15) is 12.4 Å². The zero-order chi connectivity index (χ0) is 15.4. The van der Waals surface area contributed by atoms with Crippen molar-refractivity contribution in [3.63, 3.8) is 0 Å². The quantitative estimate of drug-likeness (QED) is 0.913. The summed E-state index contributed by atoms with van der Waals surface area (Å²) in [4.78, 5) is 2.17. The van der Waals surface area contributed by atoms with Crippen LogP contribution in [-0.4, -0.2) is 13.1 Å². The first-order valence-electron chi connectivity index (χ1n) is 7.40. The number of hydrogen-bond acceptors (Lipinski definition) is 3. The van der Waals surface area contributed by atoms with Crippen molar-refractivity contribution in [1.82, 2.24) is 0 Å². The Hall–Kier alpha value is -1.97. The number of ether oxygens (including phenoxy) is 1. The van der Waals surface area contributed by atoms with E-state index in [2.05, 4.69) is 29.3 Å². The standard InChI is InChI=1S/C18H19ClN2O/c19-16-5-1-3-14(11-16)13-22-17-7-6-15-4-2-9-21(10-8-20)18(15)12-17/h1-3,5-7,9,11-12H,4,8,10,13,20H2. The lowest BCUT2D eigenvalue weighted by Crippen LogP contribution is -2.26. The Morgan fingerprint density at radius 1 is 1.18 bits per heavy atom. The minimum Gasteiger partial charge on any atom is -0.489 e. The highest BCUT2D eigenvalue weighted by Crippen LogP contribution is 2.30. The second kappa shape index (κ2) is 6.86. The van der Waals surface area contributed by atoms with Crippen LogP contribution in [0, 0.1) is 0 Å². The van der Waals surface area contributed by atoms with E-state index in [1.807, 2.05) is 30.3 Å². The van der Waals surface area contributed by atoms with Gasteiger partial charge in [0.15, 0.2) is 0 Å². The molecule has 114 valence electrons. The molecule has 0 radical (unpaired) electrons. The number of nitrogens with two attached hydrogens (primary N) is 1.